The summed E-state index contributed by atoms with van der Waals surface area (Å²) < 4.78 is 2.12. The van der Waals surface area contributed by atoms with Crippen LogP contribution >= 0.6 is 11.3 Å². The van der Waals surface area contributed by atoms with Gasteiger partial charge in [0.25, 0.3) is 0 Å². The fourth-order valence-corrected chi connectivity index (χ4v) is 8.02. The van der Waals surface area contributed by atoms with Gasteiger partial charge in [-0.15, -0.1) is 11.3 Å². The number of nitrogens with zero attached hydrogens (tertiary/aromatic N) is 4. The van der Waals surface area contributed by atoms with E-state index in [1.807, 2.05) is 12.4 Å². The molecule has 7 heteroatoms. The molecule has 3 aliphatic rings. The molecule has 1 N–H and O–H groups in total. The first kappa shape index (κ1) is 26.8. The van der Waals surface area contributed by atoms with Crippen LogP contribution in [0.4, 0.5) is 5.69 Å². The number of aliphatic hydroxyl groups excluding tert-OH is 1. The first-order chi connectivity index (χ1) is 20.0. The summed E-state index contributed by atoms with van der Waals surface area (Å²) in [6.07, 6.45) is 15.8. The Morgan fingerprint density at radius 3 is 2.51 bits per heavy atom. The van der Waals surface area contributed by atoms with Crippen molar-refractivity contribution in [2.24, 2.45) is 18.9 Å². The molecular weight excluding hydrogens is 528 g/mol. The van der Waals surface area contributed by atoms with Gasteiger partial charge in [-0.25, -0.2) is 4.98 Å². The predicted octanol–water partition coefficient (Wildman–Crippen LogP) is 7.43. The quantitative estimate of drug-likeness (QED) is 0.252. The first-order valence-electron chi connectivity index (χ1n) is 15.5. The van der Waals surface area contributed by atoms with E-state index in [1.54, 1.807) is 11.3 Å². The van der Waals surface area contributed by atoms with Crippen molar-refractivity contribution in [1.29, 1.82) is 0 Å². The Balaban J connectivity index is 1.09. The molecule has 214 valence electrons. The minimum atomic E-state index is -0.262. The van der Waals surface area contributed by atoms with Gasteiger partial charge in [0.05, 0.1) is 27.7 Å². The van der Waals surface area contributed by atoms with E-state index in [9.17, 15) is 9.90 Å². The Labute approximate surface area is 246 Å². The molecule has 1 aromatic carbocycles. The zero-order chi connectivity index (χ0) is 27.9. The molecule has 3 aromatic heterocycles. The lowest BCUT2D eigenvalue weighted by atomic mass is 9.79. The second-order valence-electron chi connectivity index (χ2n) is 12.7. The number of hydrogen-bond donors (Lipinski definition) is 1. The molecule has 6 nitrogen and oxygen atoms in total. The smallest absolute Gasteiger partial charge is 0.230 e. The van der Waals surface area contributed by atoms with E-state index >= 15 is 0 Å². The maximum absolute atomic E-state index is 14.1. The summed E-state index contributed by atoms with van der Waals surface area (Å²) in [4.78, 5) is 26.9. The minimum absolute atomic E-state index is 0.00920. The zero-order valence-electron chi connectivity index (χ0n) is 23.9. The van der Waals surface area contributed by atoms with Crippen LogP contribution in [0.2, 0.25) is 0 Å². The fraction of sp³-hybridized carbons (Fsp3) is 0.500. The van der Waals surface area contributed by atoms with Gasteiger partial charge in [-0.05, 0) is 100.0 Å². The number of aromatic nitrogens is 3. The Hall–Kier alpha value is -3.03. The standard InChI is InChI=1S/C34H40N4O2S/c1-37-16-15-26-18-30(35-19-31(26)37)23-7-5-22(6-8-23)21-38(34(40)25-11-13-29(39)14-12-25)28-4-2-3-27(17-28)32-20-36-33(41-32)24-9-10-24/h2-4,15-20,22-25,29,39H,5-14,21H2,1H3/t22-,23-,25-,29-. The molecule has 7 rings (SSSR count). The largest absolute Gasteiger partial charge is 0.393 e. The number of thiazole rings is 1. The van der Waals surface area contributed by atoms with Gasteiger partial charge >= 0.3 is 0 Å². The summed E-state index contributed by atoms with van der Waals surface area (Å²) >= 11 is 1.80. The maximum Gasteiger partial charge on any atom is 0.230 e. The van der Waals surface area contributed by atoms with Crippen LogP contribution in [-0.4, -0.2) is 38.2 Å². The fourth-order valence-electron chi connectivity index (χ4n) is 6.94. The van der Waals surface area contributed by atoms with Gasteiger partial charge in [0.2, 0.25) is 5.91 Å². The van der Waals surface area contributed by atoms with Crippen LogP contribution in [0.5, 0.6) is 0 Å². The van der Waals surface area contributed by atoms with E-state index in [0.717, 1.165) is 69.2 Å². The lowest BCUT2D eigenvalue weighted by molar-refractivity contribution is -0.124. The molecule has 0 unspecified atom stereocenters. The first-order valence-corrected chi connectivity index (χ1v) is 16.3. The van der Waals surface area contributed by atoms with Crippen molar-refractivity contribution < 1.29 is 9.90 Å². The van der Waals surface area contributed by atoms with Crippen LogP contribution in [0, 0.1) is 11.8 Å². The van der Waals surface area contributed by atoms with Gasteiger partial charge in [-0.3, -0.25) is 9.78 Å². The Morgan fingerprint density at radius 2 is 1.73 bits per heavy atom. The van der Waals surface area contributed by atoms with Crippen molar-refractivity contribution in [1.82, 2.24) is 14.5 Å². The molecule has 3 heterocycles. The monoisotopic (exact) mass is 568 g/mol. The number of rotatable bonds is 7. The summed E-state index contributed by atoms with van der Waals surface area (Å²) in [7, 11) is 2.07. The van der Waals surface area contributed by atoms with Gasteiger partial charge in [0.15, 0.2) is 0 Å². The number of carbonyl (C=O) groups is 1. The average molecular weight is 569 g/mol. The Kier molecular flexibility index (Phi) is 7.42. The van der Waals surface area contributed by atoms with Crippen LogP contribution in [0.25, 0.3) is 21.3 Å². The van der Waals surface area contributed by atoms with Crippen LogP contribution < -0.4 is 4.90 Å². The van der Waals surface area contributed by atoms with Gasteiger partial charge < -0.3 is 14.6 Å². The highest BCUT2D eigenvalue weighted by molar-refractivity contribution is 7.15. The van der Waals surface area contributed by atoms with Gasteiger partial charge in [0.1, 0.15) is 0 Å². The molecular formula is C34H40N4O2S. The molecule has 41 heavy (non-hydrogen) atoms. The second kappa shape index (κ2) is 11.3. The third-order valence-electron chi connectivity index (χ3n) is 9.70. The highest BCUT2D eigenvalue weighted by atomic mass is 32.1. The molecule has 1 amide bonds. The maximum atomic E-state index is 14.1. The van der Waals surface area contributed by atoms with Gasteiger partial charge in [-0.2, -0.15) is 0 Å². The van der Waals surface area contributed by atoms with E-state index < -0.39 is 0 Å². The van der Waals surface area contributed by atoms with Crippen molar-refractivity contribution in [3.8, 4) is 10.4 Å². The molecule has 0 radical (unpaired) electrons. The SMILES string of the molecule is Cn1ccc2cc([C@H]3CC[C@H](CN(c4cccc(-c5cnc(C6CC6)s5)c4)C(=O)[C@H]4CC[C@H](O)CC4)CC3)ncc21. The third-order valence-corrected chi connectivity index (χ3v) is 10.9. The van der Waals surface area contributed by atoms with Crippen molar-refractivity contribution in [2.75, 3.05) is 11.4 Å². The van der Waals surface area contributed by atoms with E-state index in [4.69, 9.17) is 9.97 Å². The van der Waals surface area contributed by atoms with Crippen LogP contribution in [0.15, 0.2) is 55.0 Å². The average Bonchev–Trinajstić information content (AvgIpc) is 3.62. The zero-order valence-corrected chi connectivity index (χ0v) is 24.7. The number of anilines is 1. The number of benzene rings is 1. The Morgan fingerprint density at radius 1 is 0.951 bits per heavy atom. The predicted molar refractivity (Wildman–Crippen MR) is 165 cm³/mol. The number of pyridine rings is 1. The lowest BCUT2D eigenvalue weighted by Gasteiger charge is -2.35. The van der Waals surface area contributed by atoms with Crippen LogP contribution in [0.3, 0.4) is 0 Å². The van der Waals surface area contributed by atoms with E-state index in [-0.39, 0.29) is 17.9 Å². The molecule has 3 aliphatic carbocycles. The van der Waals surface area contributed by atoms with Crippen LogP contribution in [0.1, 0.15) is 86.7 Å². The highest BCUT2D eigenvalue weighted by Gasteiger charge is 2.33. The summed E-state index contributed by atoms with van der Waals surface area (Å²) in [5, 5.41) is 12.6. The topological polar surface area (TPSA) is 71.2 Å². The molecule has 0 saturated heterocycles. The van der Waals surface area contributed by atoms with E-state index in [2.05, 4.69) is 59.1 Å². The molecule has 0 aliphatic heterocycles. The van der Waals surface area contributed by atoms with Crippen molar-refractivity contribution in [3.05, 3.63) is 65.7 Å². The summed E-state index contributed by atoms with van der Waals surface area (Å²) in [5.74, 6) is 1.82. The van der Waals surface area contributed by atoms with E-state index in [0.29, 0.717) is 17.8 Å². The number of carbonyl (C=O) groups excluding carboxylic acids is 1. The molecule has 3 saturated carbocycles. The third kappa shape index (κ3) is 5.71. The number of aryl methyl sites for hydroxylation is 1. The number of hydrogen-bond acceptors (Lipinski definition) is 5. The summed E-state index contributed by atoms with van der Waals surface area (Å²) in [6.45, 7) is 0.759. The molecule has 4 aromatic rings. The van der Waals surface area contributed by atoms with E-state index in [1.165, 1.54) is 39.3 Å². The molecule has 0 atom stereocenters. The molecule has 0 spiro atoms. The van der Waals surface area contributed by atoms with Gasteiger partial charge in [0, 0.05) is 60.5 Å². The summed E-state index contributed by atoms with van der Waals surface area (Å²) in [6, 6.07) is 13.0. The van der Waals surface area contributed by atoms with Crippen LogP contribution in [-0.2, 0) is 11.8 Å². The Bertz CT molecular complexity index is 1520. The normalized spacial score (nSPS) is 24.9. The lowest BCUT2D eigenvalue weighted by Crippen LogP contribution is -2.41. The van der Waals surface area contributed by atoms with Gasteiger partial charge in [-0.1, -0.05) is 12.1 Å². The van der Waals surface area contributed by atoms with Crippen molar-refractivity contribution in [2.45, 2.75) is 82.1 Å². The minimum Gasteiger partial charge on any atom is -0.393 e. The number of aliphatic hydroxyl groups is 1. The van der Waals surface area contributed by atoms with Crippen molar-refractivity contribution >= 4 is 33.8 Å². The second-order valence-corrected chi connectivity index (χ2v) is 13.7. The highest BCUT2D eigenvalue weighted by Crippen LogP contribution is 2.44. The summed E-state index contributed by atoms with van der Waals surface area (Å²) in [5.41, 5.74) is 4.53. The molecule has 0 bridgehead atoms. The molecule has 3 fully saturated rings. The van der Waals surface area contributed by atoms with Crippen molar-refractivity contribution in [3.63, 3.8) is 0 Å². The number of amides is 1. The number of fused-ring (bicyclic) bond motifs is 1.